The molecule has 16 heavy (non-hydrogen) atoms. The van der Waals surface area contributed by atoms with E-state index in [4.69, 9.17) is 4.74 Å². The van der Waals surface area contributed by atoms with E-state index in [1.807, 2.05) is 0 Å². The van der Waals surface area contributed by atoms with E-state index in [1.165, 1.54) is 16.7 Å². The predicted molar refractivity (Wildman–Crippen MR) is 71.9 cm³/mol. The molecule has 0 fully saturated rings. The number of aryl methyl sites for hydroxylation is 2. The average Bonchev–Trinajstić information content (AvgIpc) is 2.19. The highest BCUT2D eigenvalue weighted by molar-refractivity contribution is 5.85. The quantitative estimate of drug-likeness (QED) is 0.803. The Morgan fingerprint density at radius 2 is 1.88 bits per heavy atom. The molecule has 0 heterocycles. The maximum absolute atomic E-state index is 5.74. The van der Waals surface area contributed by atoms with E-state index < -0.39 is 0 Å². The first-order chi connectivity index (χ1) is 7.15. The molecule has 0 amide bonds. The number of likely N-dealkylation sites (N-methyl/N-ethyl adjacent to an activating group) is 1. The Hall–Kier alpha value is -0.730. The van der Waals surface area contributed by atoms with Gasteiger partial charge in [-0.1, -0.05) is 13.0 Å². The van der Waals surface area contributed by atoms with Crippen molar-refractivity contribution in [2.24, 2.45) is 0 Å². The Balaban J connectivity index is 0.00000225. The van der Waals surface area contributed by atoms with Crippen molar-refractivity contribution in [1.29, 1.82) is 0 Å². The molecule has 0 saturated carbocycles. The van der Waals surface area contributed by atoms with Crippen LogP contribution in [-0.2, 0) is 0 Å². The first kappa shape index (κ1) is 15.3. The third-order valence-corrected chi connectivity index (χ3v) is 2.55. The van der Waals surface area contributed by atoms with E-state index >= 15 is 0 Å². The highest BCUT2D eigenvalue weighted by Crippen LogP contribution is 2.22. The average molecular weight is 244 g/mol. The van der Waals surface area contributed by atoms with Gasteiger partial charge in [-0.3, -0.25) is 0 Å². The predicted octanol–water partition coefficient (Wildman–Crippen LogP) is 3.02. The summed E-state index contributed by atoms with van der Waals surface area (Å²) in [4.78, 5) is 0. The molecule has 1 rings (SSSR count). The summed E-state index contributed by atoms with van der Waals surface area (Å²) >= 11 is 0. The van der Waals surface area contributed by atoms with Crippen LogP contribution < -0.4 is 10.1 Å². The van der Waals surface area contributed by atoms with Crippen molar-refractivity contribution in [1.82, 2.24) is 5.32 Å². The lowest BCUT2D eigenvalue weighted by Crippen LogP contribution is -2.20. The highest BCUT2D eigenvalue weighted by Gasteiger charge is 2.03. The third-order valence-electron chi connectivity index (χ3n) is 2.55. The van der Waals surface area contributed by atoms with E-state index in [0.29, 0.717) is 0 Å². The monoisotopic (exact) mass is 243 g/mol. The van der Waals surface area contributed by atoms with Gasteiger partial charge in [-0.05, 0) is 50.1 Å². The van der Waals surface area contributed by atoms with Crippen molar-refractivity contribution in [3.05, 3.63) is 28.8 Å². The van der Waals surface area contributed by atoms with Crippen LogP contribution in [0.1, 0.15) is 23.6 Å². The van der Waals surface area contributed by atoms with Crippen molar-refractivity contribution in [2.45, 2.75) is 27.7 Å². The number of hydrogen-bond donors (Lipinski definition) is 1. The zero-order chi connectivity index (χ0) is 11.3. The van der Waals surface area contributed by atoms with Gasteiger partial charge in [0.1, 0.15) is 12.4 Å². The lowest BCUT2D eigenvalue weighted by molar-refractivity contribution is 0.313. The summed E-state index contributed by atoms with van der Waals surface area (Å²) in [6.07, 6.45) is 0. The largest absolute Gasteiger partial charge is 0.492 e. The SMILES string of the molecule is CCNCCOc1cc(C)cc(C)c1C.Cl. The molecule has 1 N–H and O–H groups in total. The van der Waals surface area contributed by atoms with E-state index in [0.717, 1.165) is 25.4 Å². The van der Waals surface area contributed by atoms with Crippen molar-refractivity contribution in [2.75, 3.05) is 19.7 Å². The van der Waals surface area contributed by atoms with Gasteiger partial charge in [-0.25, -0.2) is 0 Å². The Morgan fingerprint density at radius 3 is 2.50 bits per heavy atom. The van der Waals surface area contributed by atoms with Crippen LogP contribution in [0.3, 0.4) is 0 Å². The van der Waals surface area contributed by atoms with Gasteiger partial charge in [0.05, 0.1) is 0 Å². The Kier molecular flexibility index (Phi) is 7.18. The fourth-order valence-corrected chi connectivity index (χ4v) is 1.56. The molecule has 3 heteroatoms. The minimum Gasteiger partial charge on any atom is -0.492 e. The molecule has 1 aromatic carbocycles. The molecular formula is C13H22ClNO. The van der Waals surface area contributed by atoms with Gasteiger partial charge in [0.25, 0.3) is 0 Å². The molecule has 0 saturated heterocycles. The summed E-state index contributed by atoms with van der Waals surface area (Å²) in [5, 5.41) is 3.24. The second-order valence-electron chi connectivity index (χ2n) is 3.91. The van der Waals surface area contributed by atoms with Gasteiger partial charge in [0.15, 0.2) is 0 Å². The van der Waals surface area contributed by atoms with Crippen LogP contribution in [0, 0.1) is 20.8 Å². The van der Waals surface area contributed by atoms with E-state index in [1.54, 1.807) is 0 Å². The Labute approximate surface area is 105 Å². The Bertz CT molecular complexity index is 326. The van der Waals surface area contributed by atoms with Crippen LogP contribution in [-0.4, -0.2) is 19.7 Å². The molecule has 0 aromatic heterocycles. The molecule has 0 radical (unpaired) electrons. The van der Waals surface area contributed by atoms with Crippen LogP contribution in [0.4, 0.5) is 0 Å². The molecule has 1 aromatic rings. The van der Waals surface area contributed by atoms with Gasteiger partial charge in [0.2, 0.25) is 0 Å². The summed E-state index contributed by atoms with van der Waals surface area (Å²) in [5.74, 6) is 1.02. The van der Waals surface area contributed by atoms with Crippen LogP contribution in [0.2, 0.25) is 0 Å². The van der Waals surface area contributed by atoms with Gasteiger partial charge >= 0.3 is 0 Å². The minimum absolute atomic E-state index is 0. The third kappa shape index (κ3) is 4.42. The molecule has 92 valence electrons. The summed E-state index contributed by atoms with van der Waals surface area (Å²) < 4.78 is 5.74. The highest BCUT2D eigenvalue weighted by atomic mass is 35.5. The fraction of sp³-hybridized carbons (Fsp3) is 0.538. The zero-order valence-electron chi connectivity index (χ0n) is 10.6. The second kappa shape index (κ2) is 7.53. The lowest BCUT2D eigenvalue weighted by Gasteiger charge is -2.12. The van der Waals surface area contributed by atoms with Gasteiger partial charge in [-0.15, -0.1) is 12.4 Å². The zero-order valence-corrected chi connectivity index (χ0v) is 11.4. The summed E-state index contributed by atoms with van der Waals surface area (Å²) in [6, 6.07) is 4.29. The molecule has 0 atom stereocenters. The lowest BCUT2D eigenvalue weighted by atomic mass is 10.1. The molecule has 0 aliphatic carbocycles. The number of benzene rings is 1. The van der Waals surface area contributed by atoms with E-state index in [2.05, 4.69) is 45.1 Å². The molecule has 0 aliphatic heterocycles. The van der Waals surface area contributed by atoms with Crippen molar-refractivity contribution in [3.63, 3.8) is 0 Å². The first-order valence-corrected chi connectivity index (χ1v) is 5.56. The second-order valence-corrected chi connectivity index (χ2v) is 3.91. The summed E-state index contributed by atoms with van der Waals surface area (Å²) in [6.45, 7) is 11.1. The van der Waals surface area contributed by atoms with Gasteiger partial charge in [0, 0.05) is 6.54 Å². The summed E-state index contributed by atoms with van der Waals surface area (Å²) in [5.41, 5.74) is 3.81. The fourth-order valence-electron chi connectivity index (χ4n) is 1.56. The minimum atomic E-state index is 0. The maximum atomic E-state index is 5.74. The number of halogens is 1. The topological polar surface area (TPSA) is 21.3 Å². The Morgan fingerprint density at radius 1 is 1.19 bits per heavy atom. The summed E-state index contributed by atoms with van der Waals surface area (Å²) in [7, 11) is 0. The maximum Gasteiger partial charge on any atom is 0.122 e. The molecule has 0 aliphatic rings. The molecule has 0 unspecified atom stereocenters. The van der Waals surface area contributed by atoms with E-state index in [9.17, 15) is 0 Å². The van der Waals surface area contributed by atoms with E-state index in [-0.39, 0.29) is 12.4 Å². The number of nitrogens with one attached hydrogen (secondary N) is 1. The van der Waals surface area contributed by atoms with Gasteiger partial charge in [-0.2, -0.15) is 0 Å². The van der Waals surface area contributed by atoms with Crippen molar-refractivity contribution >= 4 is 12.4 Å². The van der Waals surface area contributed by atoms with Crippen molar-refractivity contribution < 1.29 is 4.74 Å². The molecular weight excluding hydrogens is 222 g/mol. The normalized spacial score (nSPS) is 9.75. The first-order valence-electron chi connectivity index (χ1n) is 5.56. The van der Waals surface area contributed by atoms with Crippen LogP contribution in [0.25, 0.3) is 0 Å². The number of ether oxygens (including phenoxy) is 1. The molecule has 0 spiro atoms. The van der Waals surface area contributed by atoms with Crippen LogP contribution >= 0.6 is 12.4 Å². The number of rotatable bonds is 5. The van der Waals surface area contributed by atoms with Crippen LogP contribution in [0.5, 0.6) is 5.75 Å². The number of hydrogen-bond acceptors (Lipinski definition) is 2. The molecule has 0 bridgehead atoms. The van der Waals surface area contributed by atoms with Crippen LogP contribution in [0.15, 0.2) is 12.1 Å². The standard InChI is InChI=1S/C13H21NO.ClH/c1-5-14-6-7-15-13-9-10(2)8-11(3)12(13)4;/h8-9,14H,5-7H2,1-4H3;1H. The van der Waals surface area contributed by atoms with Gasteiger partial charge < -0.3 is 10.1 Å². The van der Waals surface area contributed by atoms with Crippen molar-refractivity contribution in [3.8, 4) is 5.75 Å². The molecule has 2 nitrogen and oxygen atoms in total. The smallest absolute Gasteiger partial charge is 0.122 e.